The van der Waals surface area contributed by atoms with E-state index < -0.39 is 17.2 Å². The third-order valence-corrected chi connectivity index (χ3v) is 2.84. The van der Waals surface area contributed by atoms with Crippen LogP contribution in [0.4, 0.5) is 19.0 Å². The highest BCUT2D eigenvalue weighted by molar-refractivity contribution is 6.28. The minimum atomic E-state index is -4.58. The molecule has 1 amide bonds. The first kappa shape index (κ1) is 14.8. The molecule has 0 bridgehead atoms. The number of carbonyl (C=O) groups is 1. The van der Waals surface area contributed by atoms with Gasteiger partial charge in [-0.05, 0) is 24.4 Å². The maximum absolute atomic E-state index is 12.5. The van der Waals surface area contributed by atoms with Crippen LogP contribution >= 0.6 is 11.6 Å². The summed E-state index contributed by atoms with van der Waals surface area (Å²) in [7, 11) is 0. The molecule has 0 atom stereocenters. The molecule has 0 spiro atoms. The lowest BCUT2D eigenvalue weighted by atomic mass is 10.3. The summed E-state index contributed by atoms with van der Waals surface area (Å²) in [6.07, 6.45) is -2.78. The first-order chi connectivity index (χ1) is 9.36. The van der Waals surface area contributed by atoms with E-state index in [0.717, 1.165) is 18.9 Å². The highest BCUT2D eigenvalue weighted by Crippen LogP contribution is 2.29. The van der Waals surface area contributed by atoms with Crippen molar-refractivity contribution in [1.29, 1.82) is 0 Å². The minimum absolute atomic E-state index is 0.0245. The Hall–Kier alpha value is -1.57. The maximum atomic E-state index is 12.5. The summed E-state index contributed by atoms with van der Waals surface area (Å²) in [5.41, 5.74) is -1.11. The molecular weight excluding hydrogens is 297 g/mol. The molecule has 5 nitrogen and oxygen atoms in total. The number of carbonyl (C=O) groups excluding carboxylic acids is 1. The summed E-state index contributed by atoms with van der Waals surface area (Å²) < 4.78 is 37.5. The van der Waals surface area contributed by atoms with Crippen LogP contribution in [0.3, 0.4) is 0 Å². The molecule has 110 valence electrons. The average molecular weight is 309 g/mol. The Labute approximate surface area is 117 Å². The zero-order valence-electron chi connectivity index (χ0n) is 10.3. The van der Waals surface area contributed by atoms with Crippen LogP contribution in [0.15, 0.2) is 6.07 Å². The zero-order chi connectivity index (χ0) is 14.8. The Morgan fingerprint density at radius 1 is 1.35 bits per heavy atom. The number of hydrogen-bond acceptors (Lipinski definition) is 4. The van der Waals surface area contributed by atoms with Crippen molar-refractivity contribution in [2.24, 2.45) is 5.92 Å². The molecule has 20 heavy (non-hydrogen) atoms. The van der Waals surface area contributed by atoms with Crippen molar-refractivity contribution in [1.82, 2.24) is 15.3 Å². The lowest BCUT2D eigenvalue weighted by Crippen LogP contribution is -2.30. The topological polar surface area (TPSA) is 66.9 Å². The van der Waals surface area contributed by atoms with Crippen LogP contribution in [0.25, 0.3) is 0 Å². The number of alkyl halides is 3. The number of nitrogens with one attached hydrogen (secondary N) is 2. The number of halogens is 4. The lowest BCUT2D eigenvalue weighted by Gasteiger charge is -2.10. The Balaban J connectivity index is 1.85. The average Bonchev–Trinajstić information content (AvgIpc) is 3.16. The van der Waals surface area contributed by atoms with Gasteiger partial charge in [-0.2, -0.15) is 13.2 Å². The van der Waals surface area contributed by atoms with Gasteiger partial charge in [-0.25, -0.2) is 9.97 Å². The van der Waals surface area contributed by atoms with Crippen molar-refractivity contribution in [3.8, 4) is 0 Å². The van der Waals surface area contributed by atoms with Gasteiger partial charge in [-0.1, -0.05) is 0 Å². The molecule has 0 radical (unpaired) electrons. The van der Waals surface area contributed by atoms with E-state index in [1.807, 2.05) is 0 Å². The van der Waals surface area contributed by atoms with E-state index >= 15 is 0 Å². The van der Waals surface area contributed by atoms with Crippen LogP contribution in [-0.4, -0.2) is 29.0 Å². The van der Waals surface area contributed by atoms with Gasteiger partial charge in [0.25, 0.3) is 0 Å². The molecule has 1 aliphatic rings. The van der Waals surface area contributed by atoms with E-state index in [4.69, 9.17) is 11.6 Å². The first-order valence-electron chi connectivity index (χ1n) is 5.99. The van der Waals surface area contributed by atoms with Gasteiger partial charge in [0.15, 0.2) is 5.69 Å². The van der Waals surface area contributed by atoms with Crippen molar-refractivity contribution >= 4 is 23.3 Å². The van der Waals surface area contributed by atoms with E-state index in [1.54, 1.807) is 0 Å². The SMILES string of the molecule is O=C(NCCNc1cc(C(F)(F)F)nc(Cl)n1)C1CC1. The number of amides is 1. The molecule has 0 aromatic carbocycles. The fourth-order valence-electron chi connectivity index (χ4n) is 1.52. The third kappa shape index (κ3) is 4.22. The fourth-order valence-corrected chi connectivity index (χ4v) is 1.70. The monoisotopic (exact) mass is 308 g/mol. The number of anilines is 1. The smallest absolute Gasteiger partial charge is 0.368 e. The van der Waals surface area contributed by atoms with Gasteiger partial charge in [-0.15, -0.1) is 0 Å². The second-order valence-corrected chi connectivity index (χ2v) is 4.74. The summed E-state index contributed by atoms with van der Waals surface area (Å²) in [6.45, 7) is 0.557. The minimum Gasteiger partial charge on any atom is -0.368 e. The third-order valence-electron chi connectivity index (χ3n) is 2.67. The lowest BCUT2D eigenvalue weighted by molar-refractivity contribution is -0.141. The molecule has 1 heterocycles. The Bertz CT molecular complexity index is 505. The maximum Gasteiger partial charge on any atom is 0.433 e. The molecule has 2 rings (SSSR count). The summed E-state index contributed by atoms with van der Waals surface area (Å²) in [5, 5.41) is 4.85. The van der Waals surface area contributed by atoms with E-state index in [2.05, 4.69) is 20.6 Å². The van der Waals surface area contributed by atoms with Gasteiger partial charge in [0.05, 0.1) is 0 Å². The second-order valence-electron chi connectivity index (χ2n) is 4.40. The number of nitrogens with zero attached hydrogens (tertiary/aromatic N) is 2. The Morgan fingerprint density at radius 2 is 2.05 bits per heavy atom. The number of hydrogen-bond donors (Lipinski definition) is 2. The summed E-state index contributed by atoms with van der Waals surface area (Å²) in [6, 6.07) is 0.772. The number of aromatic nitrogens is 2. The van der Waals surface area contributed by atoms with Crippen molar-refractivity contribution in [2.45, 2.75) is 19.0 Å². The van der Waals surface area contributed by atoms with E-state index in [-0.39, 0.29) is 24.2 Å². The summed E-state index contributed by atoms with van der Waals surface area (Å²) in [5.74, 6) is 0.0434. The largest absolute Gasteiger partial charge is 0.433 e. The first-order valence-corrected chi connectivity index (χ1v) is 6.37. The quantitative estimate of drug-likeness (QED) is 0.645. The van der Waals surface area contributed by atoms with Gasteiger partial charge >= 0.3 is 6.18 Å². The Kier molecular flexibility index (Phi) is 4.32. The van der Waals surface area contributed by atoms with Crippen molar-refractivity contribution in [3.63, 3.8) is 0 Å². The van der Waals surface area contributed by atoms with Crippen LogP contribution in [0.5, 0.6) is 0 Å². The van der Waals surface area contributed by atoms with Gasteiger partial charge in [0, 0.05) is 25.1 Å². The van der Waals surface area contributed by atoms with Crippen LogP contribution in [0.2, 0.25) is 5.28 Å². The summed E-state index contributed by atoms with van der Waals surface area (Å²) >= 11 is 5.44. The van der Waals surface area contributed by atoms with Crippen molar-refractivity contribution in [2.75, 3.05) is 18.4 Å². The zero-order valence-corrected chi connectivity index (χ0v) is 11.1. The van der Waals surface area contributed by atoms with Crippen LogP contribution in [-0.2, 0) is 11.0 Å². The van der Waals surface area contributed by atoms with Crippen molar-refractivity contribution < 1.29 is 18.0 Å². The Morgan fingerprint density at radius 3 is 2.65 bits per heavy atom. The predicted molar refractivity (Wildman–Crippen MR) is 66.3 cm³/mol. The van der Waals surface area contributed by atoms with Gasteiger partial charge < -0.3 is 10.6 Å². The highest BCUT2D eigenvalue weighted by Gasteiger charge is 2.33. The molecule has 1 fully saturated rings. The van der Waals surface area contributed by atoms with Gasteiger partial charge in [0.1, 0.15) is 5.82 Å². The second kappa shape index (κ2) is 5.82. The van der Waals surface area contributed by atoms with Gasteiger partial charge in [0.2, 0.25) is 11.2 Å². The molecule has 1 aromatic rings. The number of rotatable bonds is 5. The standard InChI is InChI=1S/C11H12ClF3N4O/c12-10-18-7(11(13,14)15)5-8(19-10)16-3-4-17-9(20)6-1-2-6/h5-6H,1-4H2,(H,17,20)(H,16,18,19). The van der Waals surface area contributed by atoms with Crippen LogP contribution in [0.1, 0.15) is 18.5 Å². The molecule has 2 N–H and O–H groups in total. The normalized spacial score (nSPS) is 15.0. The van der Waals surface area contributed by atoms with Crippen LogP contribution in [0, 0.1) is 5.92 Å². The predicted octanol–water partition coefficient (Wildman–Crippen LogP) is 2.09. The fraction of sp³-hybridized carbons (Fsp3) is 0.545. The van der Waals surface area contributed by atoms with E-state index in [9.17, 15) is 18.0 Å². The molecular formula is C11H12ClF3N4O. The molecule has 0 unspecified atom stereocenters. The molecule has 0 aliphatic heterocycles. The molecule has 1 aliphatic carbocycles. The van der Waals surface area contributed by atoms with Crippen LogP contribution < -0.4 is 10.6 Å². The molecule has 1 saturated carbocycles. The highest BCUT2D eigenvalue weighted by atomic mass is 35.5. The summed E-state index contributed by atoms with van der Waals surface area (Å²) in [4.78, 5) is 18.1. The molecule has 1 aromatic heterocycles. The van der Waals surface area contributed by atoms with Gasteiger partial charge in [-0.3, -0.25) is 4.79 Å². The molecule has 9 heteroatoms. The molecule has 0 saturated heterocycles. The van der Waals surface area contributed by atoms with E-state index in [0.29, 0.717) is 6.54 Å². The van der Waals surface area contributed by atoms with Crippen molar-refractivity contribution in [3.05, 3.63) is 17.0 Å². The van der Waals surface area contributed by atoms with E-state index in [1.165, 1.54) is 0 Å².